The standard InChI is InChI=1S/C16H21N3O5S/c1-3-18(9-10-25(2,23)24)15(20)13-11-14(16(21)22)19(17-13)12-7-5-4-6-8-12/h4-8,14H,3,9-11H2,1-2H3,(H,21,22). The zero-order valence-corrected chi connectivity index (χ0v) is 14.9. The summed E-state index contributed by atoms with van der Waals surface area (Å²) in [5.41, 5.74) is 0.698. The average Bonchev–Trinajstić information content (AvgIpc) is 3.00. The molecule has 1 heterocycles. The molecular formula is C16H21N3O5S. The van der Waals surface area contributed by atoms with Crippen LogP contribution < -0.4 is 5.01 Å². The number of carboxylic acids is 1. The largest absolute Gasteiger partial charge is 0.480 e. The minimum absolute atomic E-state index is 0.0293. The number of aliphatic carboxylic acids is 1. The van der Waals surface area contributed by atoms with E-state index in [-0.39, 0.29) is 24.4 Å². The van der Waals surface area contributed by atoms with Crippen LogP contribution in [0, 0.1) is 0 Å². The number of hydrazone groups is 1. The lowest BCUT2D eigenvalue weighted by atomic mass is 10.1. The Morgan fingerprint density at radius 2 is 1.96 bits per heavy atom. The Labute approximate surface area is 146 Å². The molecule has 0 saturated carbocycles. The van der Waals surface area contributed by atoms with Crippen LogP contribution in [0.2, 0.25) is 0 Å². The molecule has 9 heteroatoms. The summed E-state index contributed by atoms with van der Waals surface area (Å²) in [4.78, 5) is 25.5. The van der Waals surface area contributed by atoms with Crippen LogP contribution in [0.1, 0.15) is 13.3 Å². The van der Waals surface area contributed by atoms with Crippen molar-refractivity contribution in [3.63, 3.8) is 0 Å². The fourth-order valence-electron chi connectivity index (χ4n) is 2.51. The van der Waals surface area contributed by atoms with Crippen LogP contribution in [0.3, 0.4) is 0 Å². The van der Waals surface area contributed by atoms with Crippen LogP contribution in [0.25, 0.3) is 0 Å². The molecule has 0 fully saturated rings. The molecule has 0 bridgehead atoms. The summed E-state index contributed by atoms with van der Waals surface area (Å²) in [6.07, 6.45) is 1.08. The molecule has 0 aliphatic carbocycles. The SMILES string of the molecule is CCN(CCS(C)(=O)=O)C(=O)C1=NN(c2ccccc2)C(C(=O)O)C1. The van der Waals surface area contributed by atoms with Crippen LogP contribution in [0.5, 0.6) is 0 Å². The molecule has 0 spiro atoms. The van der Waals surface area contributed by atoms with E-state index >= 15 is 0 Å². The number of benzene rings is 1. The first-order valence-corrected chi connectivity index (χ1v) is 9.90. The fraction of sp³-hybridized carbons (Fsp3) is 0.438. The summed E-state index contributed by atoms with van der Waals surface area (Å²) < 4.78 is 22.6. The highest BCUT2D eigenvalue weighted by Gasteiger charge is 2.37. The van der Waals surface area contributed by atoms with Crippen molar-refractivity contribution < 1.29 is 23.1 Å². The van der Waals surface area contributed by atoms with Gasteiger partial charge in [0.25, 0.3) is 5.91 Å². The predicted molar refractivity (Wildman–Crippen MR) is 94.4 cm³/mol. The van der Waals surface area contributed by atoms with Crippen molar-refractivity contribution in [2.24, 2.45) is 5.10 Å². The van der Waals surface area contributed by atoms with Crippen LogP contribution in [-0.4, -0.2) is 67.2 Å². The molecule has 25 heavy (non-hydrogen) atoms. The lowest BCUT2D eigenvalue weighted by Gasteiger charge is -2.19. The van der Waals surface area contributed by atoms with Gasteiger partial charge < -0.3 is 10.0 Å². The normalized spacial score (nSPS) is 17.3. The Morgan fingerprint density at radius 1 is 1.32 bits per heavy atom. The van der Waals surface area contributed by atoms with Crippen molar-refractivity contribution >= 4 is 33.1 Å². The average molecular weight is 367 g/mol. The van der Waals surface area contributed by atoms with Gasteiger partial charge in [-0.05, 0) is 19.1 Å². The first kappa shape index (κ1) is 18.9. The molecule has 1 unspecified atom stereocenters. The Morgan fingerprint density at radius 3 is 2.48 bits per heavy atom. The zero-order valence-electron chi connectivity index (χ0n) is 14.1. The molecule has 8 nitrogen and oxygen atoms in total. The number of anilines is 1. The van der Waals surface area contributed by atoms with Gasteiger partial charge in [0.15, 0.2) is 6.04 Å². The first-order valence-electron chi connectivity index (χ1n) is 7.84. The van der Waals surface area contributed by atoms with E-state index in [9.17, 15) is 23.1 Å². The van der Waals surface area contributed by atoms with Crippen molar-refractivity contribution in [1.29, 1.82) is 0 Å². The Balaban J connectivity index is 2.22. The number of nitrogens with zero attached hydrogens (tertiary/aromatic N) is 3. The van der Waals surface area contributed by atoms with Crippen molar-refractivity contribution in [3.05, 3.63) is 30.3 Å². The summed E-state index contributed by atoms with van der Waals surface area (Å²) in [7, 11) is -3.20. The molecule has 0 saturated heterocycles. The molecule has 0 aromatic heterocycles. The highest BCUT2D eigenvalue weighted by molar-refractivity contribution is 7.90. The van der Waals surface area contributed by atoms with Gasteiger partial charge in [-0.2, -0.15) is 5.10 Å². The molecule has 1 aliphatic heterocycles. The Bertz CT molecular complexity index is 776. The number of carbonyl (C=O) groups excluding carboxylic acids is 1. The second kappa shape index (κ2) is 7.64. The minimum atomic E-state index is -3.20. The molecule has 1 atom stereocenters. The lowest BCUT2D eigenvalue weighted by Crippen LogP contribution is -2.39. The second-order valence-electron chi connectivity index (χ2n) is 5.80. The maximum Gasteiger partial charge on any atom is 0.328 e. The highest BCUT2D eigenvalue weighted by atomic mass is 32.2. The Kier molecular flexibility index (Phi) is 5.78. The molecule has 1 N–H and O–H groups in total. The zero-order chi connectivity index (χ0) is 18.6. The molecular weight excluding hydrogens is 346 g/mol. The summed E-state index contributed by atoms with van der Waals surface area (Å²) in [5.74, 6) is -1.66. The van der Waals surface area contributed by atoms with E-state index in [0.29, 0.717) is 12.2 Å². The van der Waals surface area contributed by atoms with Gasteiger partial charge in [-0.1, -0.05) is 18.2 Å². The maximum absolute atomic E-state index is 12.6. The summed E-state index contributed by atoms with van der Waals surface area (Å²) in [6.45, 7) is 2.10. The quantitative estimate of drug-likeness (QED) is 0.756. The second-order valence-corrected chi connectivity index (χ2v) is 8.06. The molecule has 1 aromatic rings. The topological polar surface area (TPSA) is 107 Å². The van der Waals surface area contributed by atoms with Crippen molar-refractivity contribution in [3.8, 4) is 0 Å². The monoisotopic (exact) mass is 367 g/mol. The van der Waals surface area contributed by atoms with E-state index < -0.39 is 27.8 Å². The van der Waals surface area contributed by atoms with E-state index in [1.54, 1.807) is 37.3 Å². The van der Waals surface area contributed by atoms with Crippen LogP contribution in [0.4, 0.5) is 5.69 Å². The van der Waals surface area contributed by atoms with Crippen LogP contribution in [-0.2, 0) is 19.4 Å². The van der Waals surface area contributed by atoms with Gasteiger partial charge in [0, 0.05) is 25.8 Å². The number of carbonyl (C=O) groups is 2. The molecule has 1 amide bonds. The smallest absolute Gasteiger partial charge is 0.328 e. The summed E-state index contributed by atoms with van der Waals surface area (Å²) in [6, 6.07) is 7.79. The third kappa shape index (κ3) is 4.79. The summed E-state index contributed by atoms with van der Waals surface area (Å²) >= 11 is 0. The first-order chi connectivity index (χ1) is 11.7. The number of rotatable bonds is 7. The molecule has 1 aromatic carbocycles. The van der Waals surface area contributed by atoms with Crippen molar-refractivity contribution in [1.82, 2.24) is 4.90 Å². The molecule has 0 radical (unpaired) electrons. The minimum Gasteiger partial charge on any atom is -0.480 e. The van der Waals surface area contributed by atoms with Gasteiger partial charge in [-0.25, -0.2) is 13.2 Å². The number of carboxylic acid groups (broad SMARTS) is 1. The number of hydrogen-bond donors (Lipinski definition) is 1. The van der Waals surface area contributed by atoms with Crippen molar-refractivity contribution in [2.45, 2.75) is 19.4 Å². The van der Waals surface area contributed by atoms with Gasteiger partial charge >= 0.3 is 5.97 Å². The molecule has 136 valence electrons. The van der Waals surface area contributed by atoms with E-state index in [2.05, 4.69) is 5.10 Å². The lowest BCUT2D eigenvalue weighted by molar-refractivity contribution is -0.138. The van der Waals surface area contributed by atoms with E-state index in [1.807, 2.05) is 0 Å². The van der Waals surface area contributed by atoms with Gasteiger partial charge in [-0.3, -0.25) is 9.80 Å². The summed E-state index contributed by atoms with van der Waals surface area (Å²) in [5, 5.41) is 15.0. The fourth-order valence-corrected chi connectivity index (χ4v) is 3.06. The Hall–Kier alpha value is -2.42. The number of hydrogen-bond acceptors (Lipinski definition) is 6. The van der Waals surface area contributed by atoms with Crippen LogP contribution in [0.15, 0.2) is 35.4 Å². The van der Waals surface area contributed by atoms with Gasteiger partial charge in [0.2, 0.25) is 0 Å². The number of para-hydroxylation sites is 1. The third-order valence-corrected chi connectivity index (χ3v) is 4.79. The molecule has 1 aliphatic rings. The van der Waals surface area contributed by atoms with Crippen molar-refractivity contribution in [2.75, 3.05) is 30.1 Å². The van der Waals surface area contributed by atoms with E-state index in [1.165, 1.54) is 9.91 Å². The maximum atomic E-state index is 12.6. The van der Waals surface area contributed by atoms with E-state index in [0.717, 1.165) is 6.26 Å². The highest BCUT2D eigenvalue weighted by Crippen LogP contribution is 2.25. The van der Waals surface area contributed by atoms with Gasteiger partial charge in [-0.15, -0.1) is 0 Å². The number of sulfone groups is 1. The van der Waals surface area contributed by atoms with Gasteiger partial charge in [0.1, 0.15) is 15.5 Å². The van der Waals surface area contributed by atoms with E-state index in [4.69, 9.17) is 0 Å². The number of amides is 1. The third-order valence-electron chi connectivity index (χ3n) is 3.86. The van der Waals surface area contributed by atoms with Gasteiger partial charge in [0.05, 0.1) is 11.4 Å². The van der Waals surface area contributed by atoms with Crippen LogP contribution >= 0.6 is 0 Å². The molecule has 2 rings (SSSR count). The predicted octanol–water partition coefficient (Wildman–Crippen LogP) is 0.599.